The predicted octanol–water partition coefficient (Wildman–Crippen LogP) is 3.87. The Balaban J connectivity index is 1.99. The number of anilines is 2. The van der Waals surface area contributed by atoms with E-state index in [0.29, 0.717) is 23.9 Å². The number of hydrogen-bond acceptors (Lipinski definition) is 3. The maximum Gasteiger partial charge on any atom is 0.411 e. The summed E-state index contributed by atoms with van der Waals surface area (Å²) >= 11 is 0. The van der Waals surface area contributed by atoms with Gasteiger partial charge >= 0.3 is 12.1 Å². The normalized spacial score (nSPS) is 20.0. The molecule has 3 N–H and O–H groups in total. The fraction of sp³-hybridized carbons (Fsp3) is 0.529. The molecule has 23 heavy (non-hydrogen) atoms. The van der Waals surface area contributed by atoms with Gasteiger partial charge in [-0.25, -0.2) is 9.59 Å². The van der Waals surface area contributed by atoms with E-state index >= 15 is 0 Å². The number of nitrogens with one attached hydrogen (secondary N) is 3. The van der Waals surface area contributed by atoms with E-state index < -0.39 is 6.09 Å². The molecule has 0 heterocycles. The largest absolute Gasteiger partial charge is 0.450 e. The highest BCUT2D eigenvalue weighted by molar-refractivity contribution is 5.93. The van der Waals surface area contributed by atoms with Crippen LogP contribution in [0.25, 0.3) is 0 Å². The van der Waals surface area contributed by atoms with Gasteiger partial charge in [0, 0.05) is 17.4 Å². The van der Waals surface area contributed by atoms with E-state index in [2.05, 4.69) is 22.9 Å². The molecule has 1 aromatic rings. The molecule has 0 aromatic heterocycles. The number of urea groups is 1. The van der Waals surface area contributed by atoms with Gasteiger partial charge < -0.3 is 15.4 Å². The Bertz CT molecular complexity index is 574. The van der Waals surface area contributed by atoms with E-state index in [0.717, 1.165) is 24.8 Å². The van der Waals surface area contributed by atoms with Crippen molar-refractivity contribution in [3.05, 3.63) is 23.8 Å². The molecule has 3 amide bonds. The molecule has 6 nitrogen and oxygen atoms in total. The maximum atomic E-state index is 12.2. The summed E-state index contributed by atoms with van der Waals surface area (Å²) in [5, 5.41) is 8.56. The lowest BCUT2D eigenvalue weighted by molar-refractivity contribution is 0.168. The molecule has 0 bridgehead atoms. The van der Waals surface area contributed by atoms with Gasteiger partial charge in [0.25, 0.3) is 0 Å². The molecule has 0 spiro atoms. The summed E-state index contributed by atoms with van der Waals surface area (Å²) in [6.45, 7) is 6.06. The molecule has 2 rings (SSSR count). The van der Waals surface area contributed by atoms with Crippen molar-refractivity contribution in [3.8, 4) is 0 Å². The SMILES string of the molecule is CCOC(=O)Nc1cccc(NC(=O)NC2CCCC2C)c1C. The number of hydrogen-bond donors (Lipinski definition) is 3. The fourth-order valence-electron chi connectivity index (χ4n) is 2.87. The van der Waals surface area contributed by atoms with Crippen molar-refractivity contribution >= 4 is 23.5 Å². The molecule has 2 atom stereocenters. The van der Waals surface area contributed by atoms with Crippen molar-refractivity contribution in [2.24, 2.45) is 5.92 Å². The Morgan fingerprint density at radius 3 is 2.52 bits per heavy atom. The first-order chi connectivity index (χ1) is 11.0. The number of ether oxygens (including phenoxy) is 1. The Labute approximate surface area is 137 Å². The first kappa shape index (κ1) is 17.1. The quantitative estimate of drug-likeness (QED) is 0.788. The Morgan fingerprint density at radius 1 is 1.22 bits per heavy atom. The van der Waals surface area contributed by atoms with Crippen LogP contribution in [0, 0.1) is 12.8 Å². The lowest BCUT2D eigenvalue weighted by atomic mass is 10.1. The van der Waals surface area contributed by atoms with Gasteiger partial charge in [-0.3, -0.25) is 5.32 Å². The van der Waals surface area contributed by atoms with Crippen LogP contribution >= 0.6 is 0 Å². The highest BCUT2D eigenvalue weighted by Gasteiger charge is 2.24. The van der Waals surface area contributed by atoms with E-state index in [1.54, 1.807) is 19.1 Å². The molecule has 1 aromatic carbocycles. The molecule has 0 radical (unpaired) electrons. The minimum Gasteiger partial charge on any atom is -0.450 e. The van der Waals surface area contributed by atoms with Crippen LogP contribution < -0.4 is 16.0 Å². The summed E-state index contributed by atoms with van der Waals surface area (Å²) in [6.07, 6.45) is 2.84. The second-order valence-electron chi connectivity index (χ2n) is 5.94. The number of carbonyl (C=O) groups excluding carboxylic acids is 2. The second kappa shape index (κ2) is 7.85. The lowest BCUT2D eigenvalue weighted by Gasteiger charge is -2.19. The first-order valence-corrected chi connectivity index (χ1v) is 8.12. The minimum atomic E-state index is -0.503. The zero-order chi connectivity index (χ0) is 16.8. The van der Waals surface area contributed by atoms with Crippen LogP contribution in [0.3, 0.4) is 0 Å². The van der Waals surface area contributed by atoms with E-state index in [-0.39, 0.29) is 12.1 Å². The summed E-state index contributed by atoms with van der Waals surface area (Å²) in [5.41, 5.74) is 2.08. The van der Waals surface area contributed by atoms with Gasteiger partial charge in [0.1, 0.15) is 0 Å². The lowest BCUT2D eigenvalue weighted by Crippen LogP contribution is -2.39. The van der Waals surface area contributed by atoms with Crippen molar-refractivity contribution in [3.63, 3.8) is 0 Å². The molecule has 0 saturated heterocycles. The van der Waals surface area contributed by atoms with Gasteiger partial charge in [0.15, 0.2) is 0 Å². The zero-order valence-electron chi connectivity index (χ0n) is 13.9. The van der Waals surface area contributed by atoms with Crippen molar-refractivity contribution < 1.29 is 14.3 Å². The molecule has 1 fully saturated rings. The third-order valence-electron chi connectivity index (χ3n) is 4.27. The molecular weight excluding hydrogens is 294 g/mol. The van der Waals surface area contributed by atoms with Gasteiger partial charge in [-0.2, -0.15) is 0 Å². The highest BCUT2D eigenvalue weighted by atomic mass is 16.5. The van der Waals surface area contributed by atoms with Crippen molar-refractivity contribution in [1.29, 1.82) is 0 Å². The van der Waals surface area contributed by atoms with E-state index in [9.17, 15) is 9.59 Å². The fourth-order valence-corrected chi connectivity index (χ4v) is 2.87. The Kier molecular flexibility index (Phi) is 5.84. The maximum absolute atomic E-state index is 12.2. The first-order valence-electron chi connectivity index (χ1n) is 8.12. The average Bonchev–Trinajstić information content (AvgIpc) is 2.89. The van der Waals surface area contributed by atoms with Gasteiger partial charge in [0.05, 0.1) is 6.61 Å². The summed E-state index contributed by atoms with van der Waals surface area (Å²) in [5.74, 6) is 0.513. The molecule has 0 aliphatic heterocycles. The molecule has 126 valence electrons. The third-order valence-corrected chi connectivity index (χ3v) is 4.27. The van der Waals surface area contributed by atoms with Gasteiger partial charge in [-0.05, 0) is 50.3 Å². The molecule has 1 aliphatic carbocycles. The van der Waals surface area contributed by atoms with Gasteiger partial charge in [-0.15, -0.1) is 0 Å². The zero-order valence-corrected chi connectivity index (χ0v) is 13.9. The Morgan fingerprint density at radius 2 is 1.91 bits per heavy atom. The van der Waals surface area contributed by atoms with Crippen LogP contribution in [0.4, 0.5) is 21.0 Å². The van der Waals surface area contributed by atoms with E-state index in [4.69, 9.17) is 4.74 Å². The number of rotatable bonds is 4. The topological polar surface area (TPSA) is 79.5 Å². The molecule has 2 unspecified atom stereocenters. The monoisotopic (exact) mass is 319 g/mol. The van der Waals surface area contributed by atoms with Crippen molar-refractivity contribution in [2.45, 2.75) is 46.1 Å². The Hall–Kier alpha value is -2.24. The number of carbonyl (C=O) groups is 2. The molecule has 1 aliphatic rings. The second-order valence-corrected chi connectivity index (χ2v) is 5.94. The molecule has 1 saturated carbocycles. The van der Waals surface area contributed by atoms with E-state index in [1.807, 2.05) is 13.0 Å². The summed E-state index contributed by atoms with van der Waals surface area (Å²) in [6, 6.07) is 5.39. The summed E-state index contributed by atoms with van der Waals surface area (Å²) in [7, 11) is 0. The smallest absolute Gasteiger partial charge is 0.411 e. The van der Waals surface area contributed by atoms with Crippen LogP contribution in [0.1, 0.15) is 38.7 Å². The average molecular weight is 319 g/mol. The minimum absolute atomic E-state index is 0.208. The third kappa shape index (κ3) is 4.61. The van der Waals surface area contributed by atoms with Gasteiger partial charge in [-0.1, -0.05) is 19.4 Å². The number of benzene rings is 1. The van der Waals surface area contributed by atoms with Crippen LogP contribution in [-0.2, 0) is 4.74 Å². The number of amides is 3. The molecule has 6 heteroatoms. The van der Waals surface area contributed by atoms with Gasteiger partial charge in [0.2, 0.25) is 0 Å². The predicted molar refractivity (Wildman–Crippen MR) is 90.8 cm³/mol. The molecular formula is C17H25N3O3. The van der Waals surface area contributed by atoms with Crippen LogP contribution in [0.15, 0.2) is 18.2 Å². The van der Waals surface area contributed by atoms with Crippen LogP contribution in [0.2, 0.25) is 0 Å². The van der Waals surface area contributed by atoms with Crippen LogP contribution in [-0.4, -0.2) is 24.8 Å². The van der Waals surface area contributed by atoms with E-state index in [1.165, 1.54) is 0 Å². The van der Waals surface area contributed by atoms with Crippen molar-refractivity contribution in [1.82, 2.24) is 5.32 Å². The van der Waals surface area contributed by atoms with Crippen molar-refractivity contribution in [2.75, 3.05) is 17.2 Å². The highest BCUT2D eigenvalue weighted by Crippen LogP contribution is 2.26. The summed E-state index contributed by atoms with van der Waals surface area (Å²) < 4.78 is 4.87. The van der Waals surface area contributed by atoms with Crippen LogP contribution in [0.5, 0.6) is 0 Å². The summed E-state index contributed by atoms with van der Waals surface area (Å²) in [4.78, 5) is 23.7. The standard InChI is InChI=1S/C17H25N3O3/c1-4-23-17(22)20-15-10-6-9-14(12(15)3)19-16(21)18-13-8-5-7-11(13)2/h6,9-11,13H,4-5,7-8H2,1-3H3,(H,20,22)(H2,18,19,21).